The first-order valence-corrected chi connectivity index (χ1v) is 10.1. The van der Waals surface area contributed by atoms with Gasteiger partial charge in [-0.15, -0.1) is 0 Å². The number of sulfonamides is 1. The molecule has 0 fully saturated rings. The lowest BCUT2D eigenvalue weighted by molar-refractivity contribution is 0.415. The zero-order valence-electron chi connectivity index (χ0n) is 15.0. The topological polar surface area (TPSA) is 55.4 Å². The van der Waals surface area contributed by atoms with Crippen molar-refractivity contribution in [1.82, 2.24) is 4.72 Å². The molecule has 26 heavy (non-hydrogen) atoms. The minimum atomic E-state index is -3.55. The number of nitrogens with one attached hydrogen (secondary N) is 1. The fraction of sp³-hybridized carbons (Fsp3) is 0.238. The molecule has 0 aliphatic rings. The average molecular weight is 369 g/mol. The molecule has 136 valence electrons. The van der Waals surface area contributed by atoms with Gasteiger partial charge in [0.05, 0.1) is 12.0 Å². The molecule has 0 bridgehead atoms. The predicted octanol–water partition coefficient (Wildman–Crippen LogP) is 4.15. The number of methoxy groups -OCH3 is 1. The molecular formula is C21H23NO3S. The van der Waals surface area contributed by atoms with Gasteiger partial charge in [0.25, 0.3) is 0 Å². The van der Waals surface area contributed by atoms with Crippen molar-refractivity contribution < 1.29 is 13.2 Å². The maximum atomic E-state index is 12.7. The van der Waals surface area contributed by atoms with Gasteiger partial charge in [-0.1, -0.05) is 42.5 Å². The molecule has 0 spiro atoms. The van der Waals surface area contributed by atoms with E-state index < -0.39 is 10.0 Å². The van der Waals surface area contributed by atoms with Crippen LogP contribution in [-0.4, -0.2) is 21.6 Å². The molecule has 1 atom stereocenters. The third-order valence-corrected chi connectivity index (χ3v) is 5.98. The number of hydrogen-bond acceptors (Lipinski definition) is 3. The van der Waals surface area contributed by atoms with Crippen LogP contribution < -0.4 is 9.46 Å². The molecule has 0 amide bonds. The Kier molecular flexibility index (Phi) is 5.59. The van der Waals surface area contributed by atoms with E-state index in [2.05, 4.69) is 16.9 Å². The highest BCUT2D eigenvalue weighted by Gasteiger charge is 2.17. The van der Waals surface area contributed by atoms with Gasteiger partial charge >= 0.3 is 0 Å². The number of ether oxygens (including phenoxy) is 1. The molecule has 1 unspecified atom stereocenters. The fourth-order valence-electron chi connectivity index (χ4n) is 2.92. The highest BCUT2D eigenvalue weighted by atomic mass is 32.2. The van der Waals surface area contributed by atoms with Crippen molar-refractivity contribution in [3.8, 4) is 5.75 Å². The van der Waals surface area contributed by atoms with E-state index in [-0.39, 0.29) is 10.9 Å². The highest BCUT2D eigenvalue weighted by Crippen LogP contribution is 2.23. The van der Waals surface area contributed by atoms with Crippen molar-refractivity contribution >= 4 is 20.8 Å². The fourth-order valence-corrected chi connectivity index (χ4v) is 4.23. The third kappa shape index (κ3) is 4.42. The maximum Gasteiger partial charge on any atom is 0.240 e. The van der Waals surface area contributed by atoms with Crippen molar-refractivity contribution in [1.29, 1.82) is 0 Å². The van der Waals surface area contributed by atoms with Gasteiger partial charge in [-0.25, -0.2) is 13.1 Å². The Bertz CT molecular complexity index is 985. The van der Waals surface area contributed by atoms with Crippen LogP contribution in [0, 0.1) is 0 Å². The molecule has 0 aromatic heterocycles. The summed E-state index contributed by atoms with van der Waals surface area (Å²) in [4.78, 5) is 0.279. The molecule has 3 aromatic rings. The molecule has 0 saturated heterocycles. The molecule has 3 aromatic carbocycles. The second-order valence-corrected chi connectivity index (χ2v) is 8.14. The molecule has 0 aliphatic heterocycles. The second kappa shape index (κ2) is 7.89. The van der Waals surface area contributed by atoms with Crippen molar-refractivity contribution in [3.05, 3.63) is 72.3 Å². The van der Waals surface area contributed by atoms with E-state index in [9.17, 15) is 8.42 Å². The summed E-state index contributed by atoms with van der Waals surface area (Å²) in [6.07, 6.45) is 1.58. The van der Waals surface area contributed by atoms with Gasteiger partial charge in [0.1, 0.15) is 5.75 Å². The second-order valence-electron chi connectivity index (χ2n) is 6.42. The first-order chi connectivity index (χ1) is 12.5. The van der Waals surface area contributed by atoms with E-state index in [4.69, 9.17) is 4.74 Å². The van der Waals surface area contributed by atoms with Gasteiger partial charge in [0.15, 0.2) is 0 Å². The van der Waals surface area contributed by atoms with Crippen LogP contribution in [0.2, 0.25) is 0 Å². The monoisotopic (exact) mass is 369 g/mol. The molecule has 4 nitrogen and oxygen atoms in total. The third-order valence-electron chi connectivity index (χ3n) is 4.39. The van der Waals surface area contributed by atoms with Gasteiger partial charge < -0.3 is 4.74 Å². The van der Waals surface area contributed by atoms with Gasteiger partial charge in [-0.3, -0.25) is 0 Å². The zero-order valence-corrected chi connectivity index (χ0v) is 15.8. The summed E-state index contributed by atoms with van der Waals surface area (Å²) in [5.74, 6) is 0.751. The van der Waals surface area contributed by atoms with E-state index in [0.29, 0.717) is 0 Å². The van der Waals surface area contributed by atoms with E-state index >= 15 is 0 Å². The lowest BCUT2D eigenvalue weighted by Gasteiger charge is -2.15. The van der Waals surface area contributed by atoms with Crippen LogP contribution in [-0.2, 0) is 16.4 Å². The molecule has 0 heterocycles. The van der Waals surface area contributed by atoms with Crippen molar-refractivity contribution in [2.75, 3.05) is 7.11 Å². The zero-order chi connectivity index (χ0) is 18.6. The lowest BCUT2D eigenvalue weighted by Crippen LogP contribution is -2.32. The standard InChI is InChI=1S/C21H23NO3S/c1-16(8-9-17-6-4-3-5-7-17)22-26(23,24)21-13-11-18-14-20(25-2)12-10-19(18)15-21/h3-7,10-16,22H,8-9H2,1-2H3. The minimum Gasteiger partial charge on any atom is -0.497 e. The Morgan fingerprint density at radius 3 is 2.38 bits per heavy atom. The summed E-state index contributed by atoms with van der Waals surface area (Å²) < 4.78 is 33.4. The summed E-state index contributed by atoms with van der Waals surface area (Å²) in [5, 5.41) is 1.81. The van der Waals surface area contributed by atoms with Gasteiger partial charge in [-0.05, 0) is 60.4 Å². The summed E-state index contributed by atoms with van der Waals surface area (Å²) in [6.45, 7) is 1.90. The molecule has 0 radical (unpaired) electrons. The Labute approximate surface area is 154 Å². The van der Waals surface area contributed by atoms with Crippen molar-refractivity contribution in [3.63, 3.8) is 0 Å². The molecule has 0 aliphatic carbocycles. The van der Waals surface area contributed by atoms with Crippen LogP contribution in [0.25, 0.3) is 10.8 Å². The summed E-state index contributed by atoms with van der Waals surface area (Å²) in [6, 6.07) is 20.6. The van der Waals surface area contributed by atoms with Crippen LogP contribution in [0.5, 0.6) is 5.75 Å². The van der Waals surface area contributed by atoms with Crippen molar-refractivity contribution in [2.45, 2.75) is 30.7 Å². The maximum absolute atomic E-state index is 12.7. The smallest absolute Gasteiger partial charge is 0.240 e. The number of rotatable bonds is 7. The summed E-state index contributed by atoms with van der Waals surface area (Å²) in [5.41, 5.74) is 1.21. The predicted molar refractivity (Wildman–Crippen MR) is 105 cm³/mol. The molecule has 5 heteroatoms. The van der Waals surface area contributed by atoms with Crippen molar-refractivity contribution in [2.24, 2.45) is 0 Å². The number of fused-ring (bicyclic) bond motifs is 1. The highest BCUT2D eigenvalue weighted by molar-refractivity contribution is 7.89. The first kappa shape index (κ1) is 18.4. The Balaban J connectivity index is 1.71. The van der Waals surface area contributed by atoms with E-state index in [0.717, 1.165) is 29.4 Å². The van der Waals surface area contributed by atoms with Crippen LogP contribution in [0.4, 0.5) is 0 Å². The SMILES string of the molecule is COc1ccc2cc(S(=O)(=O)NC(C)CCc3ccccc3)ccc2c1. The molecule has 1 N–H and O–H groups in total. The Hall–Kier alpha value is -2.37. The number of benzene rings is 3. The van der Waals surface area contributed by atoms with E-state index in [1.165, 1.54) is 5.56 Å². The molecule has 0 saturated carbocycles. The summed E-state index contributed by atoms with van der Waals surface area (Å²) in [7, 11) is -1.94. The Morgan fingerprint density at radius 1 is 0.962 bits per heavy atom. The quantitative estimate of drug-likeness (QED) is 0.681. The Morgan fingerprint density at radius 2 is 1.65 bits per heavy atom. The lowest BCUT2D eigenvalue weighted by atomic mass is 10.1. The first-order valence-electron chi connectivity index (χ1n) is 8.62. The van der Waals surface area contributed by atoms with Gasteiger partial charge in [-0.2, -0.15) is 0 Å². The molecular weight excluding hydrogens is 346 g/mol. The molecule has 3 rings (SSSR count). The van der Waals surface area contributed by atoms with Crippen LogP contribution in [0.15, 0.2) is 71.6 Å². The normalized spacial score (nSPS) is 12.8. The number of hydrogen-bond donors (Lipinski definition) is 1. The van der Waals surface area contributed by atoms with Crippen LogP contribution in [0.1, 0.15) is 18.9 Å². The average Bonchev–Trinajstić information content (AvgIpc) is 2.66. The summed E-state index contributed by atoms with van der Waals surface area (Å²) >= 11 is 0. The largest absolute Gasteiger partial charge is 0.497 e. The number of aryl methyl sites for hydroxylation is 1. The van der Waals surface area contributed by atoms with E-state index in [1.807, 2.05) is 43.3 Å². The van der Waals surface area contributed by atoms with Crippen LogP contribution >= 0.6 is 0 Å². The van der Waals surface area contributed by atoms with Gasteiger partial charge in [0, 0.05) is 6.04 Å². The van der Waals surface area contributed by atoms with Gasteiger partial charge in [0.2, 0.25) is 10.0 Å². The van der Waals surface area contributed by atoms with Crippen LogP contribution in [0.3, 0.4) is 0 Å². The minimum absolute atomic E-state index is 0.147. The van der Waals surface area contributed by atoms with E-state index in [1.54, 1.807) is 25.3 Å².